The molecule has 0 saturated carbocycles. The van der Waals surface area contributed by atoms with Crippen LogP contribution in [0.4, 0.5) is 0 Å². The van der Waals surface area contributed by atoms with Crippen molar-refractivity contribution in [2.75, 3.05) is 19.3 Å². The second kappa shape index (κ2) is 13.9. The minimum atomic E-state index is -1.67. The molecule has 1 rings (SSSR count). The molecule has 0 saturated heterocycles. The molecule has 0 aromatic heterocycles. The Hall–Kier alpha value is -1.21. The molecule has 1 unspecified atom stereocenters. The highest BCUT2D eigenvalue weighted by molar-refractivity contribution is 7.54. The minimum Gasteiger partial charge on any atom is -0.338 e. The lowest BCUT2D eigenvalue weighted by Gasteiger charge is -2.24. The van der Waals surface area contributed by atoms with Crippen LogP contribution in [0.3, 0.4) is 0 Å². The molecule has 0 fully saturated rings. The molecule has 28 heavy (non-hydrogen) atoms. The monoisotopic (exact) mass is 406 g/mol. The van der Waals surface area contributed by atoms with Crippen LogP contribution in [-0.4, -0.2) is 30.1 Å². The lowest BCUT2D eigenvalue weighted by molar-refractivity contribution is -0.129. The summed E-state index contributed by atoms with van der Waals surface area (Å²) < 4.78 is 12.7. The molecule has 0 N–H and O–H groups in total. The fourth-order valence-electron chi connectivity index (χ4n) is 3.41. The number of amides is 1. The van der Waals surface area contributed by atoms with E-state index in [1.54, 1.807) is 0 Å². The average Bonchev–Trinajstić information content (AvgIpc) is 2.63. The molecule has 0 spiro atoms. The van der Waals surface area contributed by atoms with Crippen LogP contribution in [0.15, 0.2) is 24.3 Å². The second-order valence-corrected chi connectivity index (χ2v) is 10.4. The van der Waals surface area contributed by atoms with E-state index < -0.39 is 7.80 Å². The number of hydrogen-bond donors (Lipinski definition) is 0. The molecule has 1 amide bonds. The van der Waals surface area contributed by atoms with Gasteiger partial charge >= 0.3 is 7.80 Å². The zero-order valence-corrected chi connectivity index (χ0v) is 19.6. The van der Waals surface area contributed by atoms with Crippen molar-refractivity contribution in [1.82, 2.24) is 4.90 Å². The fourth-order valence-corrected chi connectivity index (χ4v) is 4.52. The van der Waals surface area contributed by atoms with E-state index in [1.807, 2.05) is 17.0 Å². The van der Waals surface area contributed by atoms with Gasteiger partial charge in [-0.25, -0.2) is 0 Å². The Labute approximate surface area is 174 Å². The molecule has 0 aliphatic rings. The van der Waals surface area contributed by atoms with Gasteiger partial charge in [0.1, 0.15) is 0 Å². The molecule has 0 aliphatic carbocycles. The van der Waals surface area contributed by atoms with Crippen LogP contribution >= 0.6 is 7.80 Å². The molecule has 0 aliphatic heterocycles. The largest absolute Gasteiger partial charge is 0.386 e. The highest BCUT2D eigenvalue weighted by atomic mass is 31.1. The van der Waals surface area contributed by atoms with Crippen molar-refractivity contribution in [2.45, 2.75) is 79.6 Å². The van der Waals surface area contributed by atoms with Crippen molar-refractivity contribution in [1.29, 1.82) is 0 Å². The van der Waals surface area contributed by atoms with Gasteiger partial charge in [-0.15, -0.1) is 0 Å². The number of benzene rings is 1. The second-order valence-electron chi connectivity index (χ2n) is 8.81. The number of hydrogen-bond acceptors (Lipinski definition) is 2. The third-order valence-electron chi connectivity index (χ3n) is 4.85. The summed E-state index contributed by atoms with van der Waals surface area (Å²) in [5.41, 5.74) is 1.30. The van der Waals surface area contributed by atoms with Crippen LogP contribution in [0.2, 0.25) is 0 Å². The van der Waals surface area contributed by atoms with Crippen LogP contribution in [0.25, 0.3) is 0 Å². The van der Waals surface area contributed by atoms with Gasteiger partial charge in [0.25, 0.3) is 5.91 Å². The van der Waals surface area contributed by atoms with Crippen LogP contribution in [0.1, 0.15) is 78.7 Å². The van der Waals surface area contributed by atoms with Gasteiger partial charge in [-0.1, -0.05) is 83.4 Å². The fraction of sp³-hybridized carbons (Fsp3) is 0.708. The first-order valence-electron chi connectivity index (χ1n) is 11.1. The zero-order valence-electron chi connectivity index (χ0n) is 18.7. The summed E-state index contributed by atoms with van der Waals surface area (Å²) in [4.78, 5) is 14.5. The highest BCUT2D eigenvalue weighted by Crippen LogP contribution is 2.22. The molecule has 1 atom stereocenters. The summed E-state index contributed by atoms with van der Waals surface area (Å²) in [7, 11) is -1.67. The average molecular weight is 407 g/mol. The SMILES string of the molecule is CCCCCCCCc1ccc([P+](=O)CC(=O)N(CC(C)C)CC(C)C)cc1. The van der Waals surface area contributed by atoms with Gasteiger partial charge < -0.3 is 4.90 Å². The maximum atomic E-state index is 12.7. The molecule has 1 aromatic carbocycles. The third-order valence-corrected chi connectivity index (χ3v) is 6.28. The Kier molecular flexibility index (Phi) is 12.3. The molecule has 4 heteroatoms. The van der Waals surface area contributed by atoms with Crippen LogP contribution in [0, 0.1) is 11.8 Å². The maximum Gasteiger partial charge on any atom is 0.386 e. The lowest BCUT2D eigenvalue weighted by atomic mass is 10.1. The Balaban J connectivity index is 2.51. The molecule has 0 bridgehead atoms. The van der Waals surface area contributed by atoms with Gasteiger partial charge in [-0.05, 0) is 42.4 Å². The first-order chi connectivity index (χ1) is 13.3. The van der Waals surface area contributed by atoms with Gasteiger partial charge in [0.15, 0.2) is 5.30 Å². The van der Waals surface area contributed by atoms with Gasteiger partial charge in [-0.3, -0.25) is 4.79 Å². The molecule has 0 radical (unpaired) electrons. The lowest BCUT2D eigenvalue weighted by Crippen LogP contribution is -2.38. The summed E-state index contributed by atoms with van der Waals surface area (Å²) >= 11 is 0. The number of carbonyl (C=O) groups excluding carboxylic acids is 1. The van der Waals surface area contributed by atoms with E-state index >= 15 is 0 Å². The van der Waals surface area contributed by atoms with Crippen LogP contribution in [-0.2, 0) is 15.8 Å². The van der Waals surface area contributed by atoms with Crippen molar-refractivity contribution < 1.29 is 9.36 Å². The minimum absolute atomic E-state index is 0.0136. The van der Waals surface area contributed by atoms with Crippen molar-refractivity contribution >= 4 is 19.0 Å². The van der Waals surface area contributed by atoms with Crippen molar-refractivity contribution in [3.05, 3.63) is 29.8 Å². The van der Waals surface area contributed by atoms with Gasteiger partial charge in [-0.2, -0.15) is 0 Å². The standard InChI is InChI=1S/C24H41NO2P/c1-6-7-8-9-10-11-12-22-13-15-23(16-14-22)28(27)19-24(26)25(17-20(2)3)18-21(4)5/h13-16,20-21H,6-12,17-19H2,1-5H3/q+1. The Morgan fingerprint density at radius 2 is 1.43 bits per heavy atom. The maximum absolute atomic E-state index is 12.7. The normalized spacial score (nSPS) is 11.9. The first kappa shape index (κ1) is 24.8. The predicted octanol–water partition coefficient (Wildman–Crippen LogP) is 6.18. The summed E-state index contributed by atoms with van der Waals surface area (Å²) in [5, 5.41) is 0.795. The number of rotatable bonds is 14. The summed E-state index contributed by atoms with van der Waals surface area (Å²) in [6.45, 7) is 12.2. The van der Waals surface area contributed by atoms with E-state index in [2.05, 4.69) is 46.8 Å². The quantitative estimate of drug-likeness (QED) is 0.273. The summed E-state index contributed by atoms with van der Waals surface area (Å²) in [6.07, 6.45) is 8.99. The molecule has 3 nitrogen and oxygen atoms in total. The van der Waals surface area contributed by atoms with E-state index in [9.17, 15) is 9.36 Å². The number of carbonyl (C=O) groups is 1. The first-order valence-corrected chi connectivity index (χ1v) is 12.6. The van der Waals surface area contributed by atoms with Gasteiger partial charge in [0.2, 0.25) is 6.16 Å². The number of nitrogens with zero attached hydrogens (tertiary/aromatic N) is 1. The van der Waals surface area contributed by atoms with E-state index in [0.717, 1.165) is 24.8 Å². The van der Waals surface area contributed by atoms with E-state index in [-0.39, 0.29) is 12.1 Å². The number of unbranched alkanes of at least 4 members (excludes halogenated alkanes) is 5. The smallest absolute Gasteiger partial charge is 0.338 e. The summed E-state index contributed by atoms with van der Waals surface area (Å²) in [6, 6.07) is 8.07. The molecular weight excluding hydrogens is 365 g/mol. The molecule has 158 valence electrons. The number of aryl methyl sites for hydroxylation is 1. The van der Waals surface area contributed by atoms with Gasteiger partial charge in [0, 0.05) is 13.1 Å². The molecule has 1 aromatic rings. The van der Waals surface area contributed by atoms with E-state index in [4.69, 9.17) is 0 Å². The topological polar surface area (TPSA) is 37.4 Å². The highest BCUT2D eigenvalue weighted by Gasteiger charge is 2.28. The molecule has 0 heterocycles. The van der Waals surface area contributed by atoms with Crippen LogP contribution in [0.5, 0.6) is 0 Å². The summed E-state index contributed by atoms with van der Waals surface area (Å²) in [5.74, 6) is 0.850. The Morgan fingerprint density at radius 3 is 1.96 bits per heavy atom. The van der Waals surface area contributed by atoms with E-state index in [1.165, 1.54) is 44.1 Å². The predicted molar refractivity (Wildman–Crippen MR) is 122 cm³/mol. The Morgan fingerprint density at radius 1 is 0.893 bits per heavy atom. The third kappa shape index (κ3) is 10.4. The van der Waals surface area contributed by atoms with Gasteiger partial charge in [0.05, 0.1) is 0 Å². The van der Waals surface area contributed by atoms with E-state index in [0.29, 0.717) is 11.8 Å². The van der Waals surface area contributed by atoms with Crippen molar-refractivity contribution in [2.24, 2.45) is 11.8 Å². The zero-order chi connectivity index (χ0) is 20.9. The van der Waals surface area contributed by atoms with Crippen LogP contribution < -0.4 is 5.30 Å². The molecular formula is C24H41NO2P+. The van der Waals surface area contributed by atoms with Crippen molar-refractivity contribution in [3.63, 3.8) is 0 Å². The van der Waals surface area contributed by atoms with Crippen molar-refractivity contribution in [3.8, 4) is 0 Å². The Bertz CT molecular complexity index is 571.